The summed E-state index contributed by atoms with van der Waals surface area (Å²) in [5.74, 6) is -6.94. The Hall–Kier alpha value is -2.50. The number of benzene rings is 2. The van der Waals surface area contributed by atoms with Crippen molar-refractivity contribution < 1.29 is 28.2 Å². The molecule has 0 saturated heterocycles. The molecule has 0 atom stereocenters. The zero-order chi connectivity index (χ0) is 14.2. The Morgan fingerprint density at radius 3 is 2.11 bits per heavy atom. The van der Waals surface area contributed by atoms with Crippen LogP contribution in [-0.2, 0) is 0 Å². The van der Waals surface area contributed by atoms with Crippen LogP contribution in [0.4, 0.5) is 13.2 Å². The Morgan fingerprint density at radius 2 is 1.58 bits per heavy atom. The molecule has 19 heavy (non-hydrogen) atoms. The fraction of sp³-hybridized carbons (Fsp3) is 0. The molecule has 2 N–H and O–H groups in total. The number of hydrogen-bond donors (Lipinski definition) is 2. The van der Waals surface area contributed by atoms with Gasteiger partial charge in [0.1, 0.15) is 0 Å². The Morgan fingerprint density at radius 1 is 1.00 bits per heavy atom. The third-order valence-electron chi connectivity index (χ3n) is 2.58. The number of halogens is 3. The number of carboxylic acid groups (broad SMARTS) is 1. The maximum absolute atomic E-state index is 13.6. The van der Waals surface area contributed by atoms with E-state index in [1.807, 2.05) is 0 Å². The van der Waals surface area contributed by atoms with Gasteiger partial charge in [-0.25, -0.2) is 13.6 Å². The lowest BCUT2D eigenvalue weighted by Gasteiger charge is -2.07. The minimum atomic E-state index is -1.68. The molecule has 0 amide bonds. The SMILES string of the molecule is O=C(O)c1ccc(-c2cc(F)c(O)c(F)c2F)cc1. The van der Waals surface area contributed by atoms with Crippen LogP contribution in [0.3, 0.4) is 0 Å². The van der Waals surface area contributed by atoms with E-state index in [0.29, 0.717) is 6.07 Å². The molecule has 0 saturated carbocycles. The number of rotatable bonds is 2. The van der Waals surface area contributed by atoms with E-state index in [9.17, 15) is 18.0 Å². The summed E-state index contributed by atoms with van der Waals surface area (Å²) in [4.78, 5) is 10.6. The lowest BCUT2D eigenvalue weighted by Crippen LogP contribution is -1.97. The summed E-state index contributed by atoms with van der Waals surface area (Å²) in [6.07, 6.45) is 0. The highest BCUT2D eigenvalue weighted by Gasteiger charge is 2.19. The van der Waals surface area contributed by atoms with Gasteiger partial charge in [0.15, 0.2) is 17.4 Å². The number of aromatic carboxylic acids is 1. The Kier molecular flexibility index (Phi) is 3.16. The molecule has 0 spiro atoms. The highest BCUT2D eigenvalue weighted by Crippen LogP contribution is 2.31. The maximum atomic E-state index is 13.6. The van der Waals surface area contributed by atoms with Crippen LogP contribution < -0.4 is 0 Å². The highest BCUT2D eigenvalue weighted by molar-refractivity contribution is 5.88. The standard InChI is InChI=1S/C13H7F3O3/c14-9-5-8(10(15)11(16)12(9)17)6-1-3-7(4-2-6)13(18)19/h1-5,17H,(H,18,19). The van der Waals surface area contributed by atoms with Crippen molar-refractivity contribution in [3.63, 3.8) is 0 Å². The summed E-state index contributed by atoms with van der Waals surface area (Å²) in [5, 5.41) is 17.6. The van der Waals surface area contributed by atoms with Crippen LogP contribution in [0.1, 0.15) is 10.4 Å². The van der Waals surface area contributed by atoms with E-state index >= 15 is 0 Å². The molecule has 0 fully saturated rings. The predicted octanol–water partition coefficient (Wildman–Crippen LogP) is 3.17. The van der Waals surface area contributed by atoms with E-state index < -0.39 is 34.7 Å². The van der Waals surface area contributed by atoms with Crippen LogP contribution in [0.5, 0.6) is 5.75 Å². The first-order chi connectivity index (χ1) is 8.91. The average molecular weight is 268 g/mol. The van der Waals surface area contributed by atoms with Gasteiger partial charge in [-0.2, -0.15) is 4.39 Å². The Labute approximate surface area is 105 Å². The minimum Gasteiger partial charge on any atom is -0.503 e. The maximum Gasteiger partial charge on any atom is 0.335 e. The molecule has 0 bridgehead atoms. The third-order valence-corrected chi connectivity index (χ3v) is 2.58. The van der Waals surface area contributed by atoms with Crippen LogP contribution in [-0.4, -0.2) is 16.2 Å². The van der Waals surface area contributed by atoms with E-state index in [-0.39, 0.29) is 11.1 Å². The van der Waals surface area contributed by atoms with Crippen LogP contribution in [0.15, 0.2) is 30.3 Å². The zero-order valence-corrected chi connectivity index (χ0v) is 9.32. The minimum absolute atomic E-state index is 0.0381. The van der Waals surface area contributed by atoms with Gasteiger partial charge in [-0.15, -0.1) is 0 Å². The van der Waals surface area contributed by atoms with Crippen molar-refractivity contribution in [3.8, 4) is 16.9 Å². The molecule has 2 aromatic rings. The fourth-order valence-corrected chi connectivity index (χ4v) is 1.59. The smallest absolute Gasteiger partial charge is 0.335 e. The summed E-state index contributed by atoms with van der Waals surface area (Å²) >= 11 is 0. The second-order valence-corrected chi connectivity index (χ2v) is 3.77. The van der Waals surface area contributed by atoms with E-state index in [1.165, 1.54) is 24.3 Å². The van der Waals surface area contributed by atoms with Gasteiger partial charge in [0.2, 0.25) is 5.82 Å². The van der Waals surface area contributed by atoms with Crippen molar-refractivity contribution in [2.75, 3.05) is 0 Å². The quantitative estimate of drug-likeness (QED) is 0.822. The molecule has 0 aliphatic rings. The summed E-state index contributed by atoms with van der Waals surface area (Å²) in [5.41, 5.74) is -0.339. The van der Waals surface area contributed by atoms with Gasteiger partial charge in [0.05, 0.1) is 5.56 Å². The Balaban J connectivity index is 2.56. The molecule has 2 aromatic carbocycles. The summed E-state index contributed by atoms with van der Waals surface area (Å²) in [6.45, 7) is 0. The Bertz CT molecular complexity index is 651. The van der Waals surface area contributed by atoms with Gasteiger partial charge in [0, 0.05) is 5.56 Å². The molecule has 0 aliphatic carbocycles. The molecule has 0 unspecified atom stereocenters. The topological polar surface area (TPSA) is 57.5 Å². The van der Waals surface area contributed by atoms with Gasteiger partial charge in [-0.1, -0.05) is 12.1 Å². The largest absolute Gasteiger partial charge is 0.503 e. The van der Waals surface area contributed by atoms with Gasteiger partial charge in [0.25, 0.3) is 0 Å². The molecule has 6 heteroatoms. The first-order valence-electron chi connectivity index (χ1n) is 5.12. The van der Waals surface area contributed by atoms with Crippen molar-refractivity contribution in [1.29, 1.82) is 0 Å². The number of aromatic hydroxyl groups is 1. The molecule has 0 heterocycles. The fourth-order valence-electron chi connectivity index (χ4n) is 1.59. The number of hydrogen-bond acceptors (Lipinski definition) is 2. The van der Waals surface area contributed by atoms with Crippen molar-refractivity contribution >= 4 is 5.97 Å². The molecular weight excluding hydrogens is 261 g/mol. The molecule has 3 nitrogen and oxygen atoms in total. The highest BCUT2D eigenvalue weighted by atomic mass is 19.2. The molecule has 2 rings (SSSR count). The second kappa shape index (κ2) is 4.64. The first kappa shape index (κ1) is 12.9. The van der Waals surface area contributed by atoms with E-state index in [0.717, 1.165) is 0 Å². The van der Waals surface area contributed by atoms with E-state index in [4.69, 9.17) is 10.2 Å². The number of carbonyl (C=O) groups is 1. The molecule has 0 radical (unpaired) electrons. The second-order valence-electron chi connectivity index (χ2n) is 3.77. The van der Waals surface area contributed by atoms with E-state index in [2.05, 4.69) is 0 Å². The van der Waals surface area contributed by atoms with Crippen LogP contribution in [0.25, 0.3) is 11.1 Å². The average Bonchev–Trinajstić information content (AvgIpc) is 2.40. The number of phenols is 1. The van der Waals surface area contributed by atoms with E-state index in [1.54, 1.807) is 0 Å². The normalized spacial score (nSPS) is 10.5. The third kappa shape index (κ3) is 2.24. The summed E-state index contributed by atoms with van der Waals surface area (Å²) in [6, 6.07) is 5.44. The van der Waals surface area contributed by atoms with Crippen LogP contribution >= 0.6 is 0 Å². The van der Waals surface area contributed by atoms with Gasteiger partial charge >= 0.3 is 5.97 Å². The monoisotopic (exact) mass is 268 g/mol. The van der Waals surface area contributed by atoms with Gasteiger partial charge in [-0.05, 0) is 23.8 Å². The van der Waals surface area contributed by atoms with Crippen molar-refractivity contribution in [3.05, 3.63) is 53.3 Å². The molecular formula is C13H7F3O3. The van der Waals surface area contributed by atoms with Crippen LogP contribution in [0, 0.1) is 17.5 Å². The van der Waals surface area contributed by atoms with Crippen LogP contribution in [0.2, 0.25) is 0 Å². The van der Waals surface area contributed by atoms with Gasteiger partial charge in [-0.3, -0.25) is 0 Å². The van der Waals surface area contributed by atoms with Gasteiger partial charge < -0.3 is 10.2 Å². The van der Waals surface area contributed by atoms with Crippen molar-refractivity contribution in [2.24, 2.45) is 0 Å². The lowest BCUT2D eigenvalue weighted by atomic mass is 10.0. The van der Waals surface area contributed by atoms with Crippen molar-refractivity contribution in [1.82, 2.24) is 0 Å². The summed E-state index contributed by atoms with van der Waals surface area (Å²) < 4.78 is 39.9. The molecule has 0 aromatic heterocycles. The molecule has 0 aliphatic heterocycles. The predicted molar refractivity (Wildman–Crippen MR) is 60.4 cm³/mol. The lowest BCUT2D eigenvalue weighted by molar-refractivity contribution is 0.0697. The zero-order valence-electron chi connectivity index (χ0n) is 9.32. The van der Waals surface area contributed by atoms with Crippen molar-refractivity contribution in [2.45, 2.75) is 0 Å². The number of carboxylic acids is 1. The first-order valence-corrected chi connectivity index (χ1v) is 5.12. The number of phenolic OH excluding ortho intramolecular Hbond substituents is 1. The molecule has 98 valence electrons. The summed E-state index contributed by atoms with van der Waals surface area (Å²) in [7, 11) is 0.